The summed E-state index contributed by atoms with van der Waals surface area (Å²) in [6.07, 6.45) is -4.41. The van der Waals surface area contributed by atoms with E-state index in [1.165, 1.54) is 6.07 Å². The van der Waals surface area contributed by atoms with Crippen molar-refractivity contribution in [3.05, 3.63) is 23.8 Å². The third kappa shape index (κ3) is 5.22. The van der Waals surface area contributed by atoms with Crippen LogP contribution >= 0.6 is 12.2 Å². The molecule has 134 valence electrons. The summed E-state index contributed by atoms with van der Waals surface area (Å²) in [7, 11) is 1.56. The smallest absolute Gasteiger partial charge is 0.383 e. The average molecular weight is 363 g/mol. The maximum absolute atomic E-state index is 13.0. The van der Waals surface area contributed by atoms with Gasteiger partial charge in [-0.05, 0) is 30.4 Å². The fraction of sp³-hybridized carbons (Fsp3) is 0.533. The van der Waals surface area contributed by atoms with Crippen molar-refractivity contribution < 1.29 is 22.6 Å². The highest BCUT2D eigenvalue weighted by Crippen LogP contribution is 2.35. The lowest BCUT2D eigenvalue weighted by molar-refractivity contribution is -0.137. The average Bonchev–Trinajstić information content (AvgIpc) is 2.55. The standard InChI is InChI=1S/C15H20F3N3O2S/c1-22-7-4-19-14(24)20-12-10-11(15(16,17)18)2-3-13(12)21-5-8-23-9-6-21/h2-3,10H,4-9H2,1H3,(H2,19,20,24). The number of halogens is 3. The van der Waals surface area contributed by atoms with Crippen LogP contribution in [0.3, 0.4) is 0 Å². The number of alkyl halides is 3. The number of hydrogen-bond donors (Lipinski definition) is 2. The molecule has 0 spiro atoms. The van der Waals surface area contributed by atoms with E-state index in [1.807, 2.05) is 4.90 Å². The van der Waals surface area contributed by atoms with E-state index in [0.29, 0.717) is 50.8 Å². The number of rotatable bonds is 5. The van der Waals surface area contributed by atoms with Gasteiger partial charge in [0, 0.05) is 26.7 Å². The molecule has 0 atom stereocenters. The molecule has 9 heteroatoms. The van der Waals surface area contributed by atoms with Crippen molar-refractivity contribution in [2.45, 2.75) is 6.18 Å². The molecule has 0 amide bonds. The number of nitrogens with zero attached hydrogens (tertiary/aromatic N) is 1. The van der Waals surface area contributed by atoms with Crippen LogP contribution in [0.2, 0.25) is 0 Å². The maximum Gasteiger partial charge on any atom is 0.416 e. The molecule has 0 radical (unpaired) electrons. The van der Waals surface area contributed by atoms with Gasteiger partial charge in [-0.2, -0.15) is 13.2 Å². The van der Waals surface area contributed by atoms with Gasteiger partial charge in [0.15, 0.2) is 5.11 Å². The zero-order valence-corrected chi connectivity index (χ0v) is 14.1. The van der Waals surface area contributed by atoms with Crippen LogP contribution in [0.15, 0.2) is 18.2 Å². The van der Waals surface area contributed by atoms with Crippen LogP contribution in [0, 0.1) is 0 Å². The minimum Gasteiger partial charge on any atom is -0.383 e. The van der Waals surface area contributed by atoms with Gasteiger partial charge < -0.3 is 25.0 Å². The number of hydrogen-bond acceptors (Lipinski definition) is 4. The van der Waals surface area contributed by atoms with Crippen LogP contribution in [0.25, 0.3) is 0 Å². The Hall–Kier alpha value is -1.58. The zero-order chi connectivity index (χ0) is 17.6. The molecule has 1 fully saturated rings. The highest BCUT2D eigenvalue weighted by molar-refractivity contribution is 7.80. The molecule has 0 bridgehead atoms. The zero-order valence-electron chi connectivity index (χ0n) is 13.3. The summed E-state index contributed by atoms with van der Waals surface area (Å²) < 4.78 is 49.2. The first kappa shape index (κ1) is 18.8. The fourth-order valence-electron chi connectivity index (χ4n) is 2.33. The fourth-order valence-corrected chi connectivity index (χ4v) is 2.54. The van der Waals surface area contributed by atoms with Crippen LogP contribution in [-0.4, -0.2) is 51.7 Å². The van der Waals surface area contributed by atoms with Gasteiger partial charge in [-0.15, -0.1) is 0 Å². The Morgan fingerprint density at radius 2 is 2.04 bits per heavy atom. The van der Waals surface area contributed by atoms with Crippen molar-refractivity contribution in [2.24, 2.45) is 0 Å². The molecule has 2 N–H and O–H groups in total. The first-order valence-electron chi connectivity index (χ1n) is 7.49. The number of nitrogens with one attached hydrogen (secondary N) is 2. The first-order chi connectivity index (χ1) is 11.4. The molecule has 1 saturated heterocycles. The van der Waals surface area contributed by atoms with Gasteiger partial charge in [0.2, 0.25) is 0 Å². The van der Waals surface area contributed by atoms with Crippen molar-refractivity contribution in [3.63, 3.8) is 0 Å². The summed E-state index contributed by atoms with van der Waals surface area (Å²) in [4.78, 5) is 1.98. The van der Waals surface area contributed by atoms with E-state index in [4.69, 9.17) is 21.7 Å². The van der Waals surface area contributed by atoms with Crippen LogP contribution in [0.5, 0.6) is 0 Å². The molecule has 1 aromatic rings. The third-order valence-electron chi connectivity index (χ3n) is 3.52. The van der Waals surface area contributed by atoms with Crippen LogP contribution < -0.4 is 15.5 Å². The summed E-state index contributed by atoms with van der Waals surface area (Å²) in [5, 5.41) is 6.00. The molecule has 24 heavy (non-hydrogen) atoms. The lowest BCUT2D eigenvalue weighted by Crippen LogP contribution is -2.37. The van der Waals surface area contributed by atoms with Crippen LogP contribution in [0.4, 0.5) is 24.5 Å². The largest absolute Gasteiger partial charge is 0.416 e. The molecule has 1 heterocycles. The summed E-state index contributed by atoms with van der Waals surface area (Å²) in [6, 6.07) is 3.63. The van der Waals surface area contributed by atoms with Crippen LogP contribution in [-0.2, 0) is 15.7 Å². The lowest BCUT2D eigenvalue weighted by Gasteiger charge is -2.31. The Morgan fingerprint density at radius 3 is 2.67 bits per heavy atom. The van der Waals surface area contributed by atoms with Gasteiger partial charge >= 0.3 is 6.18 Å². The normalized spacial score (nSPS) is 15.2. The van der Waals surface area contributed by atoms with E-state index in [9.17, 15) is 13.2 Å². The summed E-state index contributed by atoms with van der Waals surface area (Å²) in [6.45, 7) is 3.22. The van der Waals surface area contributed by atoms with Gasteiger partial charge in [0.25, 0.3) is 0 Å². The Kier molecular flexibility index (Phi) is 6.64. The van der Waals surface area contributed by atoms with Gasteiger partial charge in [-0.25, -0.2) is 0 Å². The molecular weight excluding hydrogens is 343 g/mol. The Labute approximate surface area is 144 Å². The highest BCUT2D eigenvalue weighted by Gasteiger charge is 2.31. The van der Waals surface area contributed by atoms with Crippen molar-refractivity contribution in [1.82, 2.24) is 5.32 Å². The van der Waals surface area contributed by atoms with Crippen molar-refractivity contribution >= 4 is 28.7 Å². The Bertz CT molecular complexity index is 563. The highest BCUT2D eigenvalue weighted by atomic mass is 32.1. The number of benzene rings is 1. The maximum atomic E-state index is 13.0. The number of thiocarbonyl (C=S) groups is 1. The minimum absolute atomic E-state index is 0.251. The topological polar surface area (TPSA) is 45.8 Å². The third-order valence-corrected chi connectivity index (χ3v) is 3.76. The molecule has 1 aliphatic heterocycles. The molecule has 1 aliphatic rings. The summed E-state index contributed by atoms with van der Waals surface area (Å²) in [5.74, 6) is 0. The van der Waals surface area contributed by atoms with Gasteiger partial charge in [0.05, 0.1) is 36.8 Å². The quantitative estimate of drug-likeness (QED) is 0.619. The number of ether oxygens (including phenoxy) is 2. The predicted octanol–water partition coefficient (Wildman–Crippen LogP) is 2.47. The molecule has 5 nitrogen and oxygen atoms in total. The molecular formula is C15H20F3N3O2S. The second-order valence-corrected chi connectivity index (χ2v) is 5.61. The molecule has 0 aliphatic carbocycles. The van der Waals surface area contributed by atoms with E-state index >= 15 is 0 Å². The van der Waals surface area contributed by atoms with Gasteiger partial charge in [0.1, 0.15) is 0 Å². The molecule has 0 saturated carbocycles. The minimum atomic E-state index is -4.41. The monoisotopic (exact) mass is 363 g/mol. The van der Waals surface area contributed by atoms with E-state index in [2.05, 4.69) is 10.6 Å². The first-order valence-corrected chi connectivity index (χ1v) is 7.90. The Morgan fingerprint density at radius 1 is 1.33 bits per heavy atom. The van der Waals surface area contributed by atoms with E-state index in [0.717, 1.165) is 12.1 Å². The summed E-state index contributed by atoms with van der Waals surface area (Å²) in [5.41, 5.74) is 0.269. The predicted molar refractivity (Wildman–Crippen MR) is 90.6 cm³/mol. The number of anilines is 2. The second-order valence-electron chi connectivity index (χ2n) is 5.20. The summed E-state index contributed by atoms with van der Waals surface area (Å²) >= 11 is 5.14. The number of morpholine rings is 1. The van der Waals surface area contributed by atoms with Crippen LogP contribution in [0.1, 0.15) is 5.56 Å². The molecule has 0 unspecified atom stereocenters. The van der Waals surface area contributed by atoms with E-state index < -0.39 is 11.7 Å². The van der Waals surface area contributed by atoms with Gasteiger partial charge in [-0.1, -0.05) is 0 Å². The van der Waals surface area contributed by atoms with Crippen molar-refractivity contribution in [3.8, 4) is 0 Å². The molecule has 2 rings (SSSR count). The Balaban J connectivity index is 2.21. The number of methoxy groups -OCH3 is 1. The van der Waals surface area contributed by atoms with Gasteiger partial charge in [-0.3, -0.25) is 0 Å². The van der Waals surface area contributed by atoms with E-state index in [-0.39, 0.29) is 5.11 Å². The lowest BCUT2D eigenvalue weighted by atomic mass is 10.1. The SMILES string of the molecule is COCCNC(=S)Nc1cc(C(F)(F)F)ccc1N1CCOCC1. The molecule has 0 aromatic heterocycles. The van der Waals surface area contributed by atoms with E-state index in [1.54, 1.807) is 7.11 Å². The molecule has 1 aromatic carbocycles. The second kappa shape index (κ2) is 8.50. The van der Waals surface area contributed by atoms with Crippen molar-refractivity contribution in [1.29, 1.82) is 0 Å². The van der Waals surface area contributed by atoms with Crippen molar-refractivity contribution in [2.75, 3.05) is 56.8 Å².